The van der Waals surface area contributed by atoms with Crippen molar-refractivity contribution in [2.45, 2.75) is 44.2 Å². The van der Waals surface area contributed by atoms with Gasteiger partial charge >= 0.3 is 0 Å². The minimum Gasteiger partial charge on any atom is -0.342 e. The molecule has 1 N–H and O–H groups in total. The van der Waals surface area contributed by atoms with Gasteiger partial charge in [-0.25, -0.2) is 16.8 Å². The van der Waals surface area contributed by atoms with E-state index in [2.05, 4.69) is 10.3 Å². The summed E-state index contributed by atoms with van der Waals surface area (Å²) in [6.07, 6.45) is 5.19. The van der Waals surface area contributed by atoms with Crippen LogP contribution < -0.4 is 10.2 Å². The fraction of sp³-hybridized carbons (Fsp3) is 0.393. The van der Waals surface area contributed by atoms with Crippen LogP contribution in [0.25, 0.3) is 11.3 Å². The van der Waals surface area contributed by atoms with Crippen LogP contribution in [0.2, 0.25) is 0 Å². The maximum atomic E-state index is 15.8. The topological polar surface area (TPSA) is 105 Å². The molecule has 9 nitrogen and oxygen atoms in total. The summed E-state index contributed by atoms with van der Waals surface area (Å²) in [6, 6.07) is 8.74. The highest BCUT2D eigenvalue weighted by Gasteiger charge is 2.32. The molecule has 1 saturated heterocycles. The number of likely N-dealkylation sites (tertiary alicyclic amines) is 1. The maximum absolute atomic E-state index is 15.8. The molecule has 4 rings (SSSR count). The molecular formula is C28H33ClFN5O4S. The molecule has 2 amide bonds. The Morgan fingerprint density at radius 2 is 1.93 bits per heavy atom. The Kier molecular flexibility index (Phi) is 9.27. The van der Waals surface area contributed by atoms with Gasteiger partial charge < -0.3 is 15.1 Å². The summed E-state index contributed by atoms with van der Waals surface area (Å²) in [6.45, 7) is 4.97. The smallest absolute Gasteiger partial charge is 0.269 e. The van der Waals surface area contributed by atoms with E-state index in [-0.39, 0.29) is 45.8 Å². The second-order valence-electron chi connectivity index (χ2n) is 10.0. The van der Waals surface area contributed by atoms with Crippen molar-refractivity contribution in [1.29, 1.82) is 0 Å². The van der Waals surface area contributed by atoms with Crippen LogP contribution in [0, 0.1) is 11.7 Å². The van der Waals surface area contributed by atoms with Crippen molar-refractivity contribution in [3.05, 3.63) is 66.4 Å². The van der Waals surface area contributed by atoms with E-state index in [0.29, 0.717) is 43.7 Å². The van der Waals surface area contributed by atoms with Crippen molar-refractivity contribution in [3.8, 4) is 11.3 Å². The van der Waals surface area contributed by atoms with Gasteiger partial charge in [-0.1, -0.05) is 0 Å². The Morgan fingerprint density at radius 1 is 1.20 bits per heavy atom. The van der Waals surface area contributed by atoms with Crippen LogP contribution in [0.3, 0.4) is 0 Å². The Labute approximate surface area is 239 Å². The first-order valence-electron chi connectivity index (χ1n) is 13.1. The van der Waals surface area contributed by atoms with E-state index in [1.165, 1.54) is 42.9 Å². The van der Waals surface area contributed by atoms with E-state index in [1.54, 1.807) is 29.0 Å². The third-order valence-corrected chi connectivity index (χ3v) is 8.87. The number of pyridine rings is 1. The molecule has 1 aliphatic rings. The third kappa shape index (κ3) is 6.06. The third-order valence-electron chi connectivity index (χ3n) is 6.99. The molecule has 3 heterocycles. The highest BCUT2D eigenvalue weighted by Crippen LogP contribution is 2.33. The highest BCUT2D eigenvalue weighted by molar-refractivity contribution is 7.90. The second kappa shape index (κ2) is 12.5. The van der Waals surface area contributed by atoms with Crippen molar-refractivity contribution in [3.63, 3.8) is 0 Å². The molecule has 0 aliphatic carbocycles. The minimum atomic E-state index is -4.05. The molecular weight excluding hydrogens is 557 g/mol. The summed E-state index contributed by atoms with van der Waals surface area (Å²) < 4.78 is 43.8. The van der Waals surface area contributed by atoms with Gasteiger partial charge in [0, 0.05) is 61.4 Å². The molecule has 0 spiro atoms. The quantitative estimate of drug-likeness (QED) is 0.380. The summed E-state index contributed by atoms with van der Waals surface area (Å²) >= 11 is 5.67. The number of aromatic nitrogens is 2. The summed E-state index contributed by atoms with van der Waals surface area (Å²) in [7, 11) is -2.32. The number of amides is 2. The molecule has 0 atom stereocenters. The lowest BCUT2D eigenvalue weighted by Gasteiger charge is -2.35. The number of carbonyl (C=O) groups is 2. The van der Waals surface area contributed by atoms with E-state index < -0.39 is 15.8 Å². The first-order valence-corrected chi connectivity index (χ1v) is 15.0. The number of alkyl halides is 1. The van der Waals surface area contributed by atoms with E-state index >= 15 is 4.39 Å². The van der Waals surface area contributed by atoms with Gasteiger partial charge in [-0.05, 0) is 75.7 Å². The van der Waals surface area contributed by atoms with Crippen LogP contribution in [0.15, 0.2) is 59.9 Å². The van der Waals surface area contributed by atoms with Crippen LogP contribution >= 0.6 is 11.6 Å². The zero-order chi connectivity index (χ0) is 29.0. The number of rotatable bonds is 9. The largest absolute Gasteiger partial charge is 0.342 e. The lowest BCUT2D eigenvalue weighted by Crippen LogP contribution is -2.46. The van der Waals surface area contributed by atoms with Crippen molar-refractivity contribution in [1.82, 2.24) is 19.2 Å². The molecule has 214 valence electrons. The zero-order valence-corrected chi connectivity index (χ0v) is 24.3. The molecule has 2 aromatic heterocycles. The summed E-state index contributed by atoms with van der Waals surface area (Å²) in [5, 5.41) is 2.99. The lowest BCUT2D eigenvalue weighted by molar-refractivity contribution is -0.132. The van der Waals surface area contributed by atoms with Gasteiger partial charge in [-0.2, -0.15) is 0 Å². The number of benzene rings is 1. The molecule has 0 unspecified atom stereocenters. The van der Waals surface area contributed by atoms with Gasteiger partial charge in [0.1, 0.15) is 16.6 Å². The Bertz CT molecular complexity index is 1470. The fourth-order valence-electron chi connectivity index (χ4n) is 5.00. The number of anilines is 1. The van der Waals surface area contributed by atoms with Gasteiger partial charge in [0.25, 0.3) is 10.0 Å². The van der Waals surface area contributed by atoms with Crippen LogP contribution in [0.1, 0.15) is 32.3 Å². The predicted molar refractivity (Wildman–Crippen MR) is 152 cm³/mol. The van der Waals surface area contributed by atoms with Gasteiger partial charge in [0.05, 0.1) is 5.69 Å². The number of hydrogen-bond donors (Lipinski definition) is 1. The molecule has 40 heavy (non-hydrogen) atoms. The van der Waals surface area contributed by atoms with Gasteiger partial charge in [-0.15, -0.1) is 11.6 Å². The predicted octanol–water partition coefficient (Wildman–Crippen LogP) is 3.86. The van der Waals surface area contributed by atoms with Gasteiger partial charge in [-0.3, -0.25) is 14.6 Å². The van der Waals surface area contributed by atoms with E-state index in [4.69, 9.17) is 11.6 Å². The number of nitrogens with one attached hydrogen (secondary N) is 1. The van der Waals surface area contributed by atoms with E-state index in [0.717, 1.165) is 3.97 Å². The zero-order valence-electron chi connectivity index (χ0n) is 22.7. The maximum Gasteiger partial charge on any atom is 0.269 e. The first-order chi connectivity index (χ1) is 19.1. The standard InChI is InChI=1S/C28H33ClFN5O4S/c1-19(2)35(28(37)21-8-11-33(12-9-21)27(36)15-29)22-6-7-24(25(30)14-22)26-13-20(16-31-3)18-34(26)40(38,39)23-5-4-10-32-17-23/h4-7,10,13-14,17-19,21,31H,8-9,11-12,15-16H2,1-3H3. The molecule has 0 saturated carbocycles. The monoisotopic (exact) mass is 589 g/mol. The lowest BCUT2D eigenvalue weighted by atomic mass is 9.94. The molecule has 0 bridgehead atoms. The van der Waals surface area contributed by atoms with E-state index in [9.17, 15) is 18.0 Å². The van der Waals surface area contributed by atoms with Crippen molar-refractivity contribution in [2.24, 2.45) is 5.92 Å². The molecule has 1 aromatic carbocycles. The molecule has 1 aliphatic heterocycles. The fourth-order valence-corrected chi connectivity index (χ4v) is 6.53. The van der Waals surface area contributed by atoms with Crippen molar-refractivity contribution in [2.75, 3.05) is 30.9 Å². The number of carbonyl (C=O) groups excluding carboxylic acids is 2. The average molecular weight is 590 g/mol. The van der Waals surface area contributed by atoms with Crippen LogP contribution in [-0.4, -0.2) is 66.1 Å². The first kappa shape index (κ1) is 29.7. The van der Waals surface area contributed by atoms with Crippen LogP contribution in [0.4, 0.5) is 10.1 Å². The van der Waals surface area contributed by atoms with E-state index in [1.807, 2.05) is 13.8 Å². The Balaban J connectivity index is 1.67. The normalized spacial score (nSPS) is 14.5. The number of piperidine rings is 1. The Hall–Kier alpha value is -3.28. The number of hydrogen-bond acceptors (Lipinski definition) is 6. The number of nitrogens with zero attached hydrogens (tertiary/aromatic N) is 4. The van der Waals surface area contributed by atoms with Gasteiger partial charge in [0.15, 0.2) is 0 Å². The van der Waals surface area contributed by atoms with Crippen molar-refractivity contribution >= 4 is 39.1 Å². The van der Waals surface area contributed by atoms with Crippen LogP contribution in [0.5, 0.6) is 0 Å². The summed E-state index contributed by atoms with van der Waals surface area (Å²) in [5.41, 5.74) is 1.29. The Morgan fingerprint density at radius 3 is 2.50 bits per heavy atom. The molecule has 0 radical (unpaired) electrons. The average Bonchev–Trinajstić information content (AvgIpc) is 3.37. The SMILES string of the molecule is CNCc1cc(-c2ccc(N(C(=O)C3CCN(C(=O)CCl)CC3)C(C)C)cc2F)n(S(=O)(=O)c2cccnc2)c1. The second-order valence-corrected chi connectivity index (χ2v) is 12.1. The molecule has 3 aromatic rings. The number of halogens is 2. The minimum absolute atomic E-state index is 0.0183. The van der Waals surface area contributed by atoms with Crippen molar-refractivity contribution < 1.29 is 22.4 Å². The molecule has 1 fully saturated rings. The van der Waals surface area contributed by atoms with Crippen LogP contribution in [-0.2, 0) is 26.2 Å². The highest BCUT2D eigenvalue weighted by atomic mass is 35.5. The summed E-state index contributed by atoms with van der Waals surface area (Å²) in [4.78, 5) is 32.6. The summed E-state index contributed by atoms with van der Waals surface area (Å²) in [5.74, 6) is -1.35. The van der Waals surface area contributed by atoms with Gasteiger partial charge in [0.2, 0.25) is 11.8 Å². The molecule has 12 heteroatoms.